The van der Waals surface area contributed by atoms with Crippen molar-refractivity contribution >= 4 is 23.3 Å². The van der Waals surface area contributed by atoms with Gasteiger partial charge in [0.15, 0.2) is 0 Å². The van der Waals surface area contributed by atoms with Crippen LogP contribution in [0.3, 0.4) is 0 Å². The molecular formula is C13H18ClN3O. The van der Waals surface area contributed by atoms with Gasteiger partial charge >= 0.3 is 0 Å². The smallest absolute Gasteiger partial charge is 0.121 e. The van der Waals surface area contributed by atoms with Crippen LogP contribution in [0.15, 0.2) is 24.4 Å². The Morgan fingerprint density at radius 1 is 1.50 bits per heavy atom. The van der Waals surface area contributed by atoms with E-state index in [-0.39, 0.29) is 12.4 Å². The first-order valence-corrected chi connectivity index (χ1v) is 6.10. The topological polar surface area (TPSA) is 39.1 Å². The molecule has 0 bridgehead atoms. The summed E-state index contributed by atoms with van der Waals surface area (Å²) in [6.07, 6.45) is 4.43. The average molecular weight is 268 g/mol. The van der Waals surface area contributed by atoms with E-state index in [1.165, 1.54) is 18.2 Å². The molecule has 1 aliphatic rings. The van der Waals surface area contributed by atoms with E-state index >= 15 is 0 Å². The lowest BCUT2D eigenvalue weighted by Gasteiger charge is -2.11. The Labute approximate surface area is 113 Å². The van der Waals surface area contributed by atoms with E-state index in [1.807, 2.05) is 12.3 Å². The van der Waals surface area contributed by atoms with Crippen molar-refractivity contribution in [1.29, 1.82) is 0 Å². The van der Waals surface area contributed by atoms with Gasteiger partial charge in [0.2, 0.25) is 0 Å². The van der Waals surface area contributed by atoms with E-state index in [1.54, 1.807) is 7.11 Å². The monoisotopic (exact) mass is 267 g/mol. The van der Waals surface area contributed by atoms with Crippen molar-refractivity contribution in [1.82, 2.24) is 15.1 Å². The van der Waals surface area contributed by atoms with Crippen molar-refractivity contribution in [2.45, 2.75) is 25.4 Å². The van der Waals surface area contributed by atoms with Crippen molar-refractivity contribution in [3.05, 3.63) is 24.4 Å². The van der Waals surface area contributed by atoms with Crippen LogP contribution in [0.25, 0.3) is 10.9 Å². The van der Waals surface area contributed by atoms with Crippen molar-refractivity contribution in [2.75, 3.05) is 13.7 Å². The largest absolute Gasteiger partial charge is 0.497 e. The fraction of sp³-hybridized carbons (Fsp3) is 0.462. The fourth-order valence-electron chi connectivity index (χ4n) is 2.44. The number of nitrogens with one attached hydrogen (secondary N) is 1. The van der Waals surface area contributed by atoms with Gasteiger partial charge < -0.3 is 10.1 Å². The van der Waals surface area contributed by atoms with E-state index in [2.05, 4.69) is 27.2 Å². The van der Waals surface area contributed by atoms with Crippen LogP contribution in [-0.2, 0) is 6.54 Å². The quantitative estimate of drug-likeness (QED) is 0.927. The van der Waals surface area contributed by atoms with Crippen molar-refractivity contribution < 1.29 is 4.74 Å². The highest BCUT2D eigenvalue weighted by atomic mass is 35.5. The molecule has 1 aromatic carbocycles. The molecule has 1 unspecified atom stereocenters. The summed E-state index contributed by atoms with van der Waals surface area (Å²) in [6.45, 7) is 2.07. The predicted octanol–water partition coefficient (Wildman–Crippen LogP) is 2.22. The Bertz CT molecular complexity index is 520. The van der Waals surface area contributed by atoms with Gasteiger partial charge in [0.25, 0.3) is 0 Å². The zero-order valence-corrected chi connectivity index (χ0v) is 11.2. The highest BCUT2D eigenvalue weighted by Crippen LogP contribution is 2.21. The molecule has 2 heterocycles. The highest BCUT2D eigenvalue weighted by Gasteiger charge is 2.15. The lowest BCUT2D eigenvalue weighted by molar-refractivity contribution is 0.415. The summed E-state index contributed by atoms with van der Waals surface area (Å²) in [5, 5.41) is 9.12. The minimum absolute atomic E-state index is 0. The molecule has 5 heteroatoms. The first-order chi connectivity index (χ1) is 8.36. The van der Waals surface area contributed by atoms with E-state index < -0.39 is 0 Å². The average Bonchev–Trinajstić information content (AvgIpc) is 2.99. The number of hydrogen-bond acceptors (Lipinski definition) is 3. The Morgan fingerprint density at radius 3 is 3.11 bits per heavy atom. The third-order valence-corrected chi connectivity index (χ3v) is 3.41. The molecule has 1 aliphatic heterocycles. The molecule has 1 N–H and O–H groups in total. The second-order valence-electron chi connectivity index (χ2n) is 4.54. The van der Waals surface area contributed by atoms with Crippen LogP contribution in [0.4, 0.5) is 0 Å². The van der Waals surface area contributed by atoms with Crippen LogP contribution < -0.4 is 10.1 Å². The number of hydrogen-bond donors (Lipinski definition) is 1. The van der Waals surface area contributed by atoms with Gasteiger partial charge in [-0.2, -0.15) is 5.10 Å². The van der Waals surface area contributed by atoms with Gasteiger partial charge in [0, 0.05) is 17.5 Å². The van der Waals surface area contributed by atoms with Crippen LogP contribution in [-0.4, -0.2) is 29.5 Å². The van der Waals surface area contributed by atoms with Gasteiger partial charge in [-0.1, -0.05) is 0 Å². The lowest BCUT2D eigenvalue weighted by atomic mass is 10.2. The molecule has 4 nitrogen and oxygen atoms in total. The number of rotatable bonds is 3. The summed E-state index contributed by atoms with van der Waals surface area (Å²) in [5.41, 5.74) is 1.15. The van der Waals surface area contributed by atoms with E-state index in [4.69, 9.17) is 4.74 Å². The Kier molecular flexibility index (Phi) is 4.09. The Hall–Kier alpha value is -1.26. The van der Waals surface area contributed by atoms with Gasteiger partial charge in [-0.15, -0.1) is 12.4 Å². The Balaban J connectivity index is 0.00000120. The first-order valence-electron chi connectivity index (χ1n) is 6.10. The maximum atomic E-state index is 5.26. The molecule has 3 rings (SSSR count). The van der Waals surface area contributed by atoms with Crippen LogP contribution in [0.2, 0.25) is 0 Å². The van der Waals surface area contributed by atoms with Crippen molar-refractivity contribution in [2.24, 2.45) is 0 Å². The summed E-state index contributed by atoms with van der Waals surface area (Å²) in [6, 6.07) is 6.64. The molecule has 98 valence electrons. The molecule has 0 aliphatic carbocycles. The summed E-state index contributed by atoms with van der Waals surface area (Å²) < 4.78 is 7.33. The zero-order valence-electron chi connectivity index (χ0n) is 10.4. The summed E-state index contributed by atoms with van der Waals surface area (Å²) >= 11 is 0. The SMILES string of the molecule is COc1ccc2cnn(CC3CCCN3)c2c1.Cl. The number of fused-ring (bicyclic) bond motifs is 1. The minimum atomic E-state index is 0. The molecule has 1 atom stereocenters. The van der Waals surface area contributed by atoms with E-state index in [0.29, 0.717) is 6.04 Å². The normalized spacial score (nSPS) is 18.8. The molecule has 0 spiro atoms. The maximum absolute atomic E-state index is 5.26. The molecule has 0 radical (unpaired) electrons. The second kappa shape index (κ2) is 5.59. The standard InChI is InChI=1S/C13H17N3O.ClH/c1-17-12-5-4-10-8-15-16(13(10)7-12)9-11-3-2-6-14-11;/h4-5,7-8,11,14H,2-3,6,9H2,1H3;1H. The molecule has 0 saturated carbocycles. The molecule has 18 heavy (non-hydrogen) atoms. The molecule has 1 saturated heterocycles. The number of halogens is 1. The number of ether oxygens (including phenoxy) is 1. The van der Waals surface area contributed by atoms with Crippen LogP contribution in [0.5, 0.6) is 5.75 Å². The number of benzene rings is 1. The van der Waals surface area contributed by atoms with Gasteiger partial charge in [-0.3, -0.25) is 4.68 Å². The highest BCUT2D eigenvalue weighted by molar-refractivity contribution is 5.85. The Morgan fingerprint density at radius 2 is 2.39 bits per heavy atom. The molecule has 2 aromatic rings. The van der Waals surface area contributed by atoms with Crippen molar-refractivity contribution in [3.63, 3.8) is 0 Å². The zero-order chi connectivity index (χ0) is 11.7. The minimum Gasteiger partial charge on any atom is -0.497 e. The second-order valence-corrected chi connectivity index (χ2v) is 4.54. The van der Waals surface area contributed by atoms with E-state index in [0.717, 1.165) is 24.4 Å². The van der Waals surface area contributed by atoms with Gasteiger partial charge in [0.05, 0.1) is 25.4 Å². The van der Waals surface area contributed by atoms with Gasteiger partial charge in [-0.05, 0) is 31.5 Å². The van der Waals surface area contributed by atoms with Crippen LogP contribution in [0, 0.1) is 0 Å². The van der Waals surface area contributed by atoms with E-state index in [9.17, 15) is 0 Å². The lowest BCUT2D eigenvalue weighted by Crippen LogP contribution is -2.27. The van der Waals surface area contributed by atoms with Crippen LogP contribution >= 0.6 is 12.4 Å². The van der Waals surface area contributed by atoms with Crippen LogP contribution in [0.1, 0.15) is 12.8 Å². The molecular weight excluding hydrogens is 250 g/mol. The fourth-order valence-corrected chi connectivity index (χ4v) is 2.44. The van der Waals surface area contributed by atoms with Gasteiger partial charge in [0.1, 0.15) is 5.75 Å². The van der Waals surface area contributed by atoms with Crippen molar-refractivity contribution in [3.8, 4) is 5.75 Å². The van der Waals surface area contributed by atoms with Gasteiger partial charge in [-0.25, -0.2) is 0 Å². The molecule has 1 fully saturated rings. The third kappa shape index (κ3) is 2.44. The number of nitrogens with zero attached hydrogens (tertiary/aromatic N) is 2. The maximum Gasteiger partial charge on any atom is 0.121 e. The summed E-state index contributed by atoms with van der Waals surface area (Å²) in [4.78, 5) is 0. The predicted molar refractivity (Wildman–Crippen MR) is 74.6 cm³/mol. The first kappa shape index (κ1) is 13.2. The molecule has 0 amide bonds. The number of aromatic nitrogens is 2. The number of methoxy groups -OCH3 is 1. The summed E-state index contributed by atoms with van der Waals surface area (Å²) in [5.74, 6) is 0.888. The third-order valence-electron chi connectivity index (χ3n) is 3.41. The molecule has 1 aromatic heterocycles. The summed E-state index contributed by atoms with van der Waals surface area (Å²) in [7, 11) is 1.69.